The van der Waals surface area contributed by atoms with Gasteiger partial charge >= 0.3 is 11.7 Å². The number of carbonyl (C=O) groups excluding carboxylic acids is 2. The van der Waals surface area contributed by atoms with Crippen molar-refractivity contribution in [1.29, 1.82) is 0 Å². The Labute approximate surface area is 172 Å². The molecule has 1 saturated carbocycles. The van der Waals surface area contributed by atoms with Gasteiger partial charge in [0.25, 0.3) is 11.5 Å². The molecule has 1 N–H and O–H groups in total. The molecule has 2 aromatic rings. The van der Waals surface area contributed by atoms with Gasteiger partial charge in [-0.1, -0.05) is 36.6 Å². The van der Waals surface area contributed by atoms with Gasteiger partial charge in [-0.3, -0.25) is 23.5 Å². The molecule has 3 rings (SSSR count). The van der Waals surface area contributed by atoms with E-state index in [2.05, 4.69) is 5.32 Å². The number of hydrogen-bond donors (Lipinski definition) is 1. The summed E-state index contributed by atoms with van der Waals surface area (Å²) in [5.41, 5.74) is -1.09. The smallest absolute Gasteiger partial charge is 0.332 e. The summed E-state index contributed by atoms with van der Waals surface area (Å²) in [4.78, 5) is 48.8. The predicted octanol–water partition coefficient (Wildman–Crippen LogP) is 1.73. The topological polar surface area (TPSA) is 99.4 Å². The second kappa shape index (κ2) is 8.24. The van der Waals surface area contributed by atoms with Crippen LogP contribution in [0.4, 0.5) is 5.82 Å². The number of amides is 1. The van der Waals surface area contributed by atoms with Gasteiger partial charge in [0.15, 0.2) is 6.61 Å². The normalized spacial score (nSPS) is 15.1. The first-order chi connectivity index (χ1) is 13.7. The molecular weight excluding hydrogens is 398 g/mol. The van der Waals surface area contributed by atoms with Crippen molar-refractivity contribution >= 4 is 29.3 Å². The Kier molecular flexibility index (Phi) is 5.93. The van der Waals surface area contributed by atoms with Gasteiger partial charge in [0.1, 0.15) is 5.82 Å². The van der Waals surface area contributed by atoms with Crippen LogP contribution in [0.25, 0.3) is 0 Å². The highest BCUT2D eigenvalue weighted by atomic mass is 35.5. The van der Waals surface area contributed by atoms with Gasteiger partial charge in [-0.15, -0.1) is 0 Å². The predicted molar refractivity (Wildman–Crippen MR) is 108 cm³/mol. The Hall–Kier alpha value is -2.87. The molecule has 154 valence electrons. The van der Waals surface area contributed by atoms with Crippen molar-refractivity contribution < 1.29 is 14.3 Å². The highest BCUT2D eigenvalue weighted by Gasteiger charge is 2.44. The van der Waals surface area contributed by atoms with Crippen molar-refractivity contribution in [1.82, 2.24) is 9.13 Å². The number of halogens is 1. The van der Waals surface area contributed by atoms with E-state index in [9.17, 15) is 19.2 Å². The van der Waals surface area contributed by atoms with Crippen molar-refractivity contribution in [2.24, 2.45) is 14.1 Å². The Bertz CT molecular complexity index is 1050. The number of nitrogens with one attached hydrogen (secondary N) is 1. The molecule has 1 fully saturated rings. The average Bonchev–Trinajstić information content (AvgIpc) is 3.20. The summed E-state index contributed by atoms with van der Waals surface area (Å²) >= 11 is 5.95. The van der Waals surface area contributed by atoms with Crippen LogP contribution < -0.4 is 16.6 Å². The van der Waals surface area contributed by atoms with Crippen molar-refractivity contribution in [2.45, 2.75) is 31.1 Å². The summed E-state index contributed by atoms with van der Waals surface area (Å²) in [7, 11) is 2.77. The Balaban J connectivity index is 1.71. The second-order valence-corrected chi connectivity index (χ2v) is 7.63. The third kappa shape index (κ3) is 4.12. The molecule has 0 bridgehead atoms. The van der Waals surface area contributed by atoms with Crippen LogP contribution in [0.3, 0.4) is 0 Å². The Morgan fingerprint density at radius 1 is 1.10 bits per heavy atom. The summed E-state index contributed by atoms with van der Waals surface area (Å²) in [6.45, 7) is -0.516. The number of carbonyl (C=O) groups is 2. The quantitative estimate of drug-likeness (QED) is 0.744. The van der Waals surface area contributed by atoms with Crippen LogP contribution in [-0.2, 0) is 33.8 Å². The van der Waals surface area contributed by atoms with Crippen LogP contribution in [0.5, 0.6) is 0 Å². The van der Waals surface area contributed by atoms with E-state index in [-0.39, 0.29) is 5.82 Å². The van der Waals surface area contributed by atoms with Gasteiger partial charge < -0.3 is 10.1 Å². The fourth-order valence-corrected chi connectivity index (χ4v) is 3.79. The fraction of sp³-hybridized carbons (Fsp3) is 0.400. The number of ether oxygens (including phenoxy) is 1. The SMILES string of the molecule is Cn1c(NC(=O)COC(=O)C2(c3ccc(Cl)cc3)CCCC2)cc(=O)n(C)c1=O. The minimum absolute atomic E-state index is 0.0347. The lowest BCUT2D eigenvalue weighted by Crippen LogP contribution is -2.39. The monoisotopic (exact) mass is 419 g/mol. The number of nitrogens with zero attached hydrogens (tertiary/aromatic N) is 2. The van der Waals surface area contributed by atoms with Crippen LogP contribution in [0.2, 0.25) is 5.02 Å². The number of benzene rings is 1. The molecule has 0 unspecified atom stereocenters. The maximum atomic E-state index is 12.9. The number of rotatable bonds is 5. The molecule has 0 aliphatic heterocycles. The van der Waals surface area contributed by atoms with E-state index < -0.39 is 35.1 Å². The maximum absolute atomic E-state index is 12.9. The number of anilines is 1. The number of aromatic nitrogens is 2. The third-order valence-corrected chi connectivity index (χ3v) is 5.62. The van der Waals surface area contributed by atoms with E-state index in [1.807, 2.05) is 12.1 Å². The molecule has 0 saturated heterocycles. The maximum Gasteiger partial charge on any atom is 0.332 e. The summed E-state index contributed by atoms with van der Waals surface area (Å²) in [6.07, 6.45) is 3.05. The molecule has 0 spiro atoms. The minimum Gasteiger partial charge on any atom is -0.455 e. The molecule has 0 atom stereocenters. The van der Waals surface area contributed by atoms with Crippen LogP contribution in [-0.4, -0.2) is 27.6 Å². The summed E-state index contributed by atoms with van der Waals surface area (Å²) in [6, 6.07) is 8.21. The first kappa shape index (κ1) is 20.9. The Morgan fingerprint density at radius 2 is 1.72 bits per heavy atom. The molecule has 1 amide bonds. The molecule has 1 heterocycles. The van der Waals surface area contributed by atoms with E-state index in [1.165, 1.54) is 14.1 Å². The van der Waals surface area contributed by atoms with Gasteiger partial charge in [0, 0.05) is 25.2 Å². The Morgan fingerprint density at radius 3 is 2.34 bits per heavy atom. The highest BCUT2D eigenvalue weighted by Crippen LogP contribution is 2.42. The zero-order chi connectivity index (χ0) is 21.2. The van der Waals surface area contributed by atoms with E-state index in [4.69, 9.17) is 16.3 Å². The lowest BCUT2D eigenvalue weighted by Gasteiger charge is -2.27. The van der Waals surface area contributed by atoms with Gasteiger partial charge in [-0.25, -0.2) is 4.79 Å². The van der Waals surface area contributed by atoms with Gasteiger partial charge in [0.05, 0.1) is 5.41 Å². The molecule has 1 aliphatic rings. The van der Waals surface area contributed by atoms with Crippen LogP contribution in [0, 0.1) is 0 Å². The molecule has 1 aliphatic carbocycles. The zero-order valence-electron chi connectivity index (χ0n) is 16.2. The molecular formula is C20H22ClN3O5. The van der Waals surface area contributed by atoms with E-state index in [0.29, 0.717) is 17.9 Å². The fourth-order valence-electron chi connectivity index (χ4n) is 3.66. The highest BCUT2D eigenvalue weighted by molar-refractivity contribution is 6.30. The largest absolute Gasteiger partial charge is 0.455 e. The van der Waals surface area contributed by atoms with Crippen molar-refractivity contribution in [3.8, 4) is 0 Å². The summed E-state index contributed by atoms with van der Waals surface area (Å²) < 4.78 is 7.37. The van der Waals surface area contributed by atoms with Crippen LogP contribution in [0.15, 0.2) is 39.9 Å². The molecule has 8 nitrogen and oxygen atoms in total. The first-order valence-electron chi connectivity index (χ1n) is 9.25. The van der Waals surface area contributed by atoms with Gasteiger partial charge in [0.2, 0.25) is 0 Å². The molecule has 1 aromatic heterocycles. The number of hydrogen-bond acceptors (Lipinski definition) is 5. The van der Waals surface area contributed by atoms with E-state index in [0.717, 1.165) is 33.6 Å². The lowest BCUT2D eigenvalue weighted by atomic mass is 9.79. The van der Waals surface area contributed by atoms with E-state index in [1.54, 1.807) is 12.1 Å². The van der Waals surface area contributed by atoms with Crippen LogP contribution in [0.1, 0.15) is 31.2 Å². The van der Waals surface area contributed by atoms with Crippen molar-refractivity contribution in [3.63, 3.8) is 0 Å². The first-order valence-corrected chi connectivity index (χ1v) is 9.62. The second-order valence-electron chi connectivity index (χ2n) is 7.19. The zero-order valence-corrected chi connectivity index (χ0v) is 17.0. The van der Waals surface area contributed by atoms with Crippen molar-refractivity contribution in [3.05, 3.63) is 61.8 Å². The average molecular weight is 420 g/mol. The molecule has 29 heavy (non-hydrogen) atoms. The molecule has 1 aromatic carbocycles. The molecule has 9 heteroatoms. The number of esters is 1. The van der Waals surface area contributed by atoms with E-state index >= 15 is 0 Å². The summed E-state index contributed by atoms with van der Waals surface area (Å²) in [5, 5.41) is 3.02. The third-order valence-electron chi connectivity index (χ3n) is 5.37. The lowest BCUT2D eigenvalue weighted by molar-refractivity contribution is -0.153. The molecule has 0 radical (unpaired) electrons. The minimum atomic E-state index is -0.791. The summed E-state index contributed by atoms with van der Waals surface area (Å²) in [5.74, 6) is -1.07. The van der Waals surface area contributed by atoms with Crippen LogP contribution >= 0.6 is 11.6 Å². The van der Waals surface area contributed by atoms with Gasteiger partial charge in [-0.2, -0.15) is 0 Å². The van der Waals surface area contributed by atoms with Gasteiger partial charge in [-0.05, 0) is 30.5 Å². The standard InChI is InChI=1S/C20H22ClN3O5/c1-23-15(11-17(26)24(2)19(23)28)22-16(25)12-29-18(27)20(9-3-4-10-20)13-5-7-14(21)8-6-13/h5-8,11H,3-4,9-10,12H2,1-2H3,(H,22,25). The van der Waals surface area contributed by atoms with Crippen molar-refractivity contribution in [2.75, 3.05) is 11.9 Å².